The lowest BCUT2D eigenvalue weighted by Crippen LogP contribution is -2.17. The largest absolute Gasteiger partial charge is 0.395 e. The molecule has 110 valence electrons. The summed E-state index contributed by atoms with van der Waals surface area (Å²) in [6, 6.07) is 6.80. The van der Waals surface area contributed by atoms with Crippen LogP contribution in [0.3, 0.4) is 0 Å². The predicted octanol–water partition coefficient (Wildman–Crippen LogP) is 1.52. The van der Waals surface area contributed by atoms with Gasteiger partial charge in [-0.1, -0.05) is 0 Å². The third-order valence-electron chi connectivity index (χ3n) is 2.95. The molecule has 0 bridgehead atoms. The summed E-state index contributed by atoms with van der Waals surface area (Å²) < 4.78 is 1.45. The van der Waals surface area contributed by atoms with Gasteiger partial charge in [0.15, 0.2) is 0 Å². The lowest BCUT2D eigenvalue weighted by molar-refractivity contribution is -0.114. The highest BCUT2D eigenvalue weighted by Gasteiger charge is 2.17. The van der Waals surface area contributed by atoms with Gasteiger partial charge in [-0.2, -0.15) is 5.10 Å². The number of carbonyl (C=O) groups is 2. The molecule has 0 fully saturated rings. The van der Waals surface area contributed by atoms with Gasteiger partial charge >= 0.3 is 0 Å². The molecule has 2 rings (SSSR count). The topological polar surface area (TPSA) is 102 Å². The summed E-state index contributed by atoms with van der Waals surface area (Å²) in [5.41, 5.74) is 8.41. The molecule has 7 nitrogen and oxygen atoms in total. The Bertz CT molecular complexity index is 688. The van der Waals surface area contributed by atoms with Crippen LogP contribution in [0.5, 0.6) is 0 Å². The Kier molecular flexibility index (Phi) is 3.93. The van der Waals surface area contributed by atoms with E-state index in [9.17, 15) is 9.59 Å². The Hall–Kier alpha value is -2.83. The Morgan fingerprint density at radius 2 is 1.67 bits per heavy atom. The molecule has 4 N–H and O–H groups in total. The minimum atomic E-state index is -0.331. The number of amides is 2. The number of anilines is 3. The zero-order chi connectivity index (χ0) is 15.6. The summed E-state index contributed by atoms with van der Waals surface area (Å²) in [4.78, 5) is 23.1. The van der Waals surface area contributed by atoms with Gasteiger partial charge in [0.2, 0.25) is 5.91 Å². The number of benzene rings is 1. The Labute approximate surface area is 122 Å². The Balaban J connectivity index is 2.14. The number of carbonyl (C=O) groups excluding carboxylic acids is 2. The van der Waals surface area contributed by atoms with E-state index in [0.29, 0.717) is 28.5 Å². The second kappa shape index (κ2) is 5.66. The first-order valence-electron chi connectivity index (χ1n) is 6.36. The van der Waals surface area contributed by atoms with E-state index in [4.69, 9.17) is 5.73 Å². The monoisotopic (exact) mass is 287 g/mol. The van der Waals surface area contributed by atoms with Crippen molar-refractivity contribution in [3.05, 3.63) is 35.7 Å². The highest BCUT2D eigenvalue weighted by Crippen LogP contribution is 2.18. The Morgan fingerprint density at radius 1 is 1.14 bits per heavy atom. The fourth-order valence-corrected chi connectivity index (χ4v) is 1.97. The molecule has 2 aromatic rings. The number of hydrogen-bond acceptors (Lipinski definition) is 4. The van der Waals surface area contributed by atoms with Gasteiger partial charge < -0.3 is 16.4 Å². The molecule has 0 unspecified atom stereocenters. The van der Waals surface area contributed by atoms with Crippen molar-refractivity contribution in [3.8, 4) is 0 Å². The summed E-state index contributed by atoms with van der Waals surface area (Å²) in [6.07, 6.45) is 0. The molecule has 0 saturated carbocycles. The van der Waals surface area contributed by atoms with Crippen molar-refractivity contribution in [2.45, 2.75) is 13.8 Å². The second-order valence-electron chi connectivity index (χ2n) is 4.68. The van der Waals surface area contributed by atoms with E-state index in [1.165, 1.54) is 11.6 Å². The second-order valence-corrected chi connectivity index (χ2v) is 4.68. The lowest BCUT2D eigenvalue weighted by atomic mass is 10.2. The van der Waals surface area contributed by atoms with Gasteiger partial charge in [0, 0.05) is 25.3 Å². The first-order chi connectivity index (χ1) is 9.88. The quantitative estimate of drug-likeness (QED) is 0.796. The maximum Gasteiger partial charge on any atom is 0.276 e. The summed E-state index contributed by atoms with van der Waals surface area (Å²) in [5, 5.41) is 9.50. The molecular formula is C14H17N5O2. The number of aromatic nitrogens is 2. The van der Waals surface area contributed by atoms with Gasteiger partial charge in [-0.3, -0.25) is 14.3 Å². The average molecular weight is 287 g/mol. The van der Waals surface area contributed by atoms with E-state index < -0.39 is 0 Å². The van der Waals surface area contributed by atoms with E-state index in [0.717, 1.165) is 0 Å². The summed E-state index contributed by atoms with van der Waals surface area (Å²) >= 11 is 0. The van der Waals surface area contributed by atoms with Crippen molar-refractivity contribution in [2.75, 3.05) is 16.4 Å². The SMILES string of the molecule is CC(=O)Nc1ccc(NC(=O)c2c(N)c(C)nn2C)cc1. The molecule has 0 aliphatic carbocycles. The smallest absolute Gasteiger partial charge is 0.276 e. The number of nitrogens with one attached hydrogen (secondary N) is 2. The minimum absolute atomic E-state index is 0.148. The van der Waals surface area contributed by atoms with Crippen LogP contribution in [-0.4, -0.2) is 21.6 Å². The number of nitrogens with zero attached hydrogens (tertiary/aromatic N) is 2. The maximum atomic E-state index is 12.2. The van der Waals surface area contributed by atoms with Crippen LogP contribution in [0.2, 0.25) is 0 Å². The van der Waals surface area contributed by atoms with E-state index in [1.807, 2.05) is 0 Å². The Morgan fingerprint density at radius 3 is 2.10 bits per heavy atom. The number of rotatable bonds is 3. The van der Waals surface area contributed by atoms with Crippen molar-refractivity contribution >= 4 is 28.9 Å². The van der Waals surface area contributed by atoms with E-state index >= 15 is 0 Å². The third kappa shape index (κ3) is 3.19. The molecule has 2 amide bonds. The maximum absolute atomic E-state index is 12.2. The molecule has 1 heterocycles. The van der Waals surface area contributed by atoms with Crippen LogP contribution < -0.4 is 16.4 Å². The first-order valence-corrected chi connectivity index (χ1v) is 6.36. The minimum Gasteiger partial charge on any atom is -0.395 e. The van der Waals surface area contributed by atoms with Crippen molar-refractivity contribution in [2.24, 2.45) is 7.05 Å². The van der Waals surface area contributed by atoms with Gasteiger partial charge in [-0.25, -0.2) is 0 Å². The molecule has 0 aliphatic heterocycles. The van der Waals surface area contributed by atoms with E-state index in [-0.39, 0.29) is 11.8 Å². The molecule has 1 aromatic heterocycles. The number of aryl methyl sites for hydroxylation is 2. The molecule has 7 heteroatoms. The number of nitrogens with two attached hydrogens (primary N) is 1. The molecule has 0 saturated heterocycles. The van der Waals surface area contributed by atoms with E-state index in [1.54, 1.807) is 38.2 Å². The van der Waals surface area contributed by atoms with Crippen molar-refractivity contribution in [3.63, 3.8) is 0 Å². The molecule has 0 atom stereocenters. The van der Waals surface area contributed by atoms with Crippen LogP contribution in [0.15, 0.2) is 24.3 Å². The first kappa shape index (κ1) is 14.6. The fourth-order valence-electron chi connectivity index (χ4n) is 1.97. The average Bonchev–Trinajstić information content (AvgIpc) is 2.65. The van der Waals surface area contributed by atoms with Crippen molar-refractivity contribution in [1.29, 1.82) is 0 Å². The standard InChI is InChI=1S/C14H17N5O2/c1-8-12(15)13(19(3)18-8)14(21)17-11-6-4-10(5-7-11)16-9(2)20/h4-7H,15H2,1-3H3,(H,16,20)(H,17,21). The van der Waals surface area contributed by atoms with Gasteiger partial charge in [0.25, 0.3) is 5.91 Å². The summed E-state index contributed by atoms with van der Waals surface area (Å²) in [6.45, 7) is 3.18. The van der Waals surface area contributed by atoms with Crippen LogP contribution in [-0.2, 0) is 11.8 Å². The lowest BCUT2D eigenvalue weighted by Gasteiger charge is -2.07. The van der Waals surface area contributed by atoms with Crippen molar-refractivity contribution < 1.29 is 9.59 Å². The molecular weight excluding hydrogens is 270 g/mol. The fraction of sp³-hybridized carbons (Fsp3) is 0.214. The van der Waals surface area contributed by atoms with Crippen LogP contribution >= 0.6 is 0 Å². The predicted molar refractivity (Wildman–Crippen MR) is 81.1 cm³/mol. The summed E-state index contributed by atoms with van der Waals surface area (Å²) in [7, 11) is 1.66. The van der Waals surface area contributed by atoms with Gasteiger partial charge in [-0.15, -0.1) is 0 Å². The summed E-state index contributed by atoms with van der Waals surface area (Å²) in [5.74, 6) is -0.479. The molecule has 21 heavy (non-hydrogen) atoms. The number of hydrogen-bond donors (Lipinski definition) is 3. The zero-order valence-electron chi connectivity index (χ0n) is 12.1. The van der Waals surface area contributed by atoms with Crippen molar-refractivity contribution in [1.82, 2.24) is 9.78 Å². The zero-order valence-corrected chi connectivity index (χ0v) is 12.1. The molecule has 0 aliphatic rings. The van der Waals surface area contributed by atoms with Crippen LogP contribution in [0.1, 0.15) is 23.1 Å². The normalized spacial score (nSPS) is 10.2. The molecule has 0 spiro atoms. The highest BCUT2D eigenvalue weighted by molar-refractivity contribution is 6.06. The van der Waals surface area contributed by atoms with Crippen LogP contribution in [0, 0.1) is 6.92 Å². The van der Waals surface area contributed by atoms with Gasteiger partial charge in [0.1, 0.15) is 5.69 Å². The van der Waals surface area contributed by atoms with E-state index in [2.05, 4.69) is 15.7 Å². The van der Waals surface area contributed by atoms with Crippen LogP contribution in [0.25, 0.3) is 0 Å². The van der Waals surface area contributed by atoms with Crippen LogP contribution in [0.4, 0.5) is 17.1 Å². The third-order valence-corrected chi connectivity index (χ3v) is 2.95. The molecule has 1 aromatic carbocycles. The number of nitrogen functional groups attached to an aromatic ring is 1. The van der Waals surface area contributed by atoms with Gasteiger partial charge in [0.05, 0.1) is 11.4 Å². The van der Waals surface area contributed by atoms with Gasteiger partial charge in [-0.05, 0) is 31.2 Å². The highest BCUT2D eigenvalue weighted by atomic mass is 16.2. The molecule has 0 radical (unpaired) electrons.